The largest absolute Gasteiger partial charge is 0.310 e. The first kappa shape index (κ1) is 14.0. The van der Waals surface area contributed by atoms with Gasteiger partial charge in [0.25, 0.3) is 0 Å². The van der Waals surface area contributed by atoms with Gasteiger partial charge >= 0.3 is 0 Å². The summed E-state index contributed by atoms with van der Waals surface area (Å²) in [5, 5.41) is 7.51. The molecule has 0 aliphatic carbocycles. The molecule has 1 aromatic carbocycles. The number of fused-ring (bicyclic) bond motifs is 1. The summed E-state index contributed by atoms with van der Waals surface area (Å²) in [6.07, 6.45) is 5.43. The smallest absolute Gasteiger partial charge is 0.235 e. The number of aromatic nitrogens is 3. The van der Waals surface area contributed by atoms with Crippen molar-refractivity contribution in [3.05, 3.63) is 72.2 Å². The zero-order valence-corrected chi connectivity index (χ0v) is 13.0. The van der Waals surface area contributed by atoms with Crippen molar-refractivity contribution < 1.29 is 4.79 Å². The van der Waals surface area contributed by atoms with Crippen LogP contribution in [0.5, 0.6) is 0 Å². The third kappa shape index (κ3) is 2.61. The molecule has 1 amide bonds. The van der Waals surface area contributed by atoms with Crippen molar-refractivity contribution in [3.8, 4) is 5.69 Å². The lowest BCUT2D eigenvalue weighted by Crippen LogP contribution is -2.15. The third-order valence-electron chi connectivity index (χ3n) is 3.71. The predicted octanol–water partition coefficient (Wildman–Crippen LogP) is 3.04. The third-order valence-corrected chi connectivity index (χ3v) is 5.00. The highest BCUT2D eigenvalue weighted by Crippen LogP contribution is 2.41. The number of nitrogens with one attached hydrogen (secondary N) is 1. The lowest BCUT2D eigenvalue weighted by atomic mass is 10.1. The van der Waals surface area contributed by atoms with Crippen molar-refractivity contribution in [1.82, 2.24) is 14.8 Å². The van der Waals surface area contributed by atoms with Gasteiger partial charge in [0.15, 0.2) is 0 Å². The molecule has 6 heteroatoms. The number of rotatable bonds is 2. The molecule has 0 saturated heterocycles. The Kier molecular flexibility index (Phi) is 3.59. The molecular weight excluding hydrogens is 308 g/mol. The number of anilines is 1. The Bertz CT molecular complexity index is 832. The van der Waals surface area contributed by atoms with Crippen molar-refractivity contribution >= 4 is 23.5 Å². The maximum Gasteiger partial charge on any atom is 0.235 e. The van der Waals surface area contributed by atoms with E-state index in [0.29, 0.717) is 5.75 Å². The van der Waals surface area contributed by atoms with Crippen LogP contribution in [-0.4, -0.2) is 26.4 Å². The molecule has 2 aromatic heterocycles. The lowest BCUT2D eigenvalue weighted by molar-refractivity contribution is -0.113. The first-order chi connectivity index (χ1) is 11.3. The number of hydrogen-bond donors (Lipinski definition) is 1. The topological polar surface area (TPSA) is 59.8 Å². The number of amides is 1. The van der Waals surface area contributed by atoms with Crippen molar-refractivity contribution in [3.63, 3.8) is 0 Å². The second-order valence-electron chi connectivity index (χ2n) is 5.22. The number of carbonyl (C=O) groups excluding carboxylic acids is 1. The summed E-state index contributed by atoms with van der Waals surface area (Å²) < 4.78 is 1.78. The summed E-state index contributed by atoms with van der Waals surface area (Å²) in [4.78, 5) is 16.3. The quantitative estimate of drug-likeness (QED) is 0.788. The second-order valence-corrected chi connectivity index (χ2v) is 6.31. The Morgan fingerprint density at radius 1 is 1.13 bits per heavy atom. The molecule has 1 atom stereocenters. The molecule has 1 aliphatic rings. The van der Waals surface area contributed by atoms with E-state index in [0.717, 1.165) is 22.6 Å². The van der Waals surface area contributed by atoms with Crippen LogP contribution < -0.4 is 5.32 Å². The molecule has 114 valence electrons. The van der Waals surface area contributed by atoms with E-state index in [1.165, 1.54) is 0 Å². The number of thioether (sulfide) groups is 1. The minimum atomic E-state index is -0.0136. The molecule has 1 N–H and O–H groups in total. The first-order valence-corrected chi connectivity index (χ1v) is 8.32. The van der Waals surface area contributed by atoms with Gasteiger partial charge < -0.3 is 5.32 Å². The SMILES string of the molecule is O=C1CS[C@@H](c2cccnc2)c2cnn(-c3ccccc3)c2N1. The molecule has 0 spiro atoms. The summed E-state index contributed by atoms with van der Waals surface area (Å²) in [5.74, 6) is 1.13. The van der Waals surface area contributed by atoms with Crippen LogP contribution in [0.2, 0.25) is 0 Å². The number of carbonyl (C=O) groups is 1. The van der Waals surface area contributed by atoms with E-state index in [2.05, 4.69) is 15.4 Å². The number of hydrogen-bond acceptors (Lipinski definition) is 4. The number of para-hydroxylation sites is 1. The molecule has 4 rings (SSSR count). The van der Waals surface area contributed by atoms with Crippen LogP contribution in [0.1, 0.15) is 16.4 Å². The molecule has 0 saturated carbocycles. The van der Waals surface area contributed by atoms with Gasteiger partial charge in [-0.25, -0.2) is 4.68 Å². The van der Waals surface area contributed by atoms with Gasteiger partial charge in [-0.1, -0.05) is 24.3 Å². The lowest BCUT2D eigenvalue weighted by Gasteiger charge is -2.13. The fourth-order valence-electron chi connectivity index (χ4n) is 2.67. The molecule has 0 fully saturated rings. The van der Waals surface area contributed by atoms with E-state index < -0.39 is 0 Å². The molecule has 3 heterocycles. The van der Waals surface area contributed by atoms with E-state index in [1.54, 1.807) is 22.6 Å². The highest BCUT2D eigenvalue weighted by Gasteiger charge is 2.28. The van der Waals surface area contributed by atoms with E-state index >= 15 is 0 Å². The molecule has 0 bridgehead atoms. The number of pyridine rings is 1. The van der Waals surface area contributed by atoms with Crippen LogP contribution in [0.25, 0.3) is 5.69 Å². The van der Waals surface area contributed by atoms with Crippen molar-refractivity contribution in [2.24, 2.45) is 0 Å². The molecule has 23 heavy (non-hydrogen) atoms. The zero-order chi connectivity index (χ0) is 15.6. The Morgan fingerprint density at radius 3 is 2.78 bits per heavy atom. The molecule has 1 aliphatic heterocycles. The fraction of sp³-hybridized carbons (Fsp3) is 0.118. The first-order valence-electron chi connectivity index (χ1n) is 7.27. The summed E-state index contributed by atoms with van der Waals surface area (Å²) in [7, 11) is 0. The van der Waals surface area contributed by atoms with E-state index in [-0.39, 0.29) is 11.2 Å². The summed E-state index contributed by atoms with van der Waals surface area (Å²) >= 11 is 1.59. The summed E-state index contributed by atoms with van der Waals surface area (Å²) in [6, 6.07) is 13.7. The standard InChI is InChI=1S/C17H14N4OS/c22-15-11-23-16(12-5-4-8-18-9-12)14-10-19-21(17(14)20-15)13-6-2-1-3-7-13/h1-10,16H,11H2,(H,20,22)/t16-/m0/s1. The van der Waals surface area contributed by atoms with Crippen LogP contribution in [-0.2, 0) is 4.79 Å². The average molecular weight is 322 g/mol. The second kappa shape index (κ2) is 5.89. The Hall–Kier alpha value is -2.60. The van der Waals surface area contributed by atoms with Gasteiger partial charge in [0, 0.05) is 18.0 Å². The minimum absolute atomic E-state index is 0.0136. The number of benzene rings is 1. The minimum Gasteiger partial charge on any atom is -0.310 e. The highest BCUT2D eigenvalue weighted by atomic mass is 32.2. The Morgan fingerprint density at radius 2 is 2.00 bits per heavy atom. The zero-order valence-electron chi connectivity index (χ0n) is 12.2. The van der Waals surface area contributed by atoms with E-state index in [1.807, 2.05) is 54.9 Å². The van der Waals surface area contributed by atoms with Crippen LogP contribution in [0.4, 0.5) is 5.82 Å². The van der Waals surface area contributed by atoms with Gasteiger partial charge in [-0.05, 0) is 23.8 Å². The number of nitrogens with zero attached hydrogens (tertiary/aromatic N) is 3. The fourth-order valence-corrected chi connectivity index (χ4v) is 3.74. The maximum atomic E-state index is 12.1. The van der Waals surface area contributed by atoms with Crippen LogP contribution in [0.3, 0.4) is 0 Å². The van der Waals surface area contributed by atoms with Crippen LogP contribution >= 0.6 is 11.8 Å². The highest BCUT2D eigenvalue weighted by molar-refractivity contribution is 8.00. The van der Waals surface area contributed by atoms with Gasteiger partial charge in [0.2, 0.25) is 5.91 Å². The van der Waals surface area contributed by atoms with Crippen molar-refractivity contribution in [1.29, 1.82) is 0 Å². The van der Waals surface area contributed by atoms with Gasteiger partial charge in [-0.3, -0.25) is 9.78 Å². The summed E-state index contributed by atoms with van der Waals surface area (Å²) in [6.45, 7) is 0. The normalized spacial score (nSPS) is 17.2. The molecule has 0 unspecified atom stereocenters. The average Bonchev–Trinajstić information content (AvgIpc) is 2.92. The van der Waals surface area contributed by atoms with Crippen LogP contribution in [0, 0.1) is 0 Å². The molecule has 5 nitrogen and oxygen atoms in total. The van der Waals surface area contributed by atoms with Crippen molar-refractivity contribution in [2.75, 3.05) is 11.1 Å². The van der Waals surface area contributed by atoms with Gasteiger partial charge in [0.1, 0.15) is 5.82 Å². The monoisotopic (exact) mass is 322 g/mol. The molecular formula is C17H14N4OS. The summed E-state index contributed by atoms with van der Waals surface area (Å²) in [5.41, 5.74) is 2.99. The van der Waals surface area contributed by atoms with Gasteiger partial charge in [-0.15, -0.1) is 11.8 Å². The molecule has 3 aromatic rings. The van der Waals surface area contributed by atoms with Gasteiger partial charge in [0.05, 0.1) is 22.9 Å². The Balaban J connectivity index is 1.84. The maximum absolute atomic E-state index is 12.1. The predicted molar refractivity (Wildman–Crippen MR) is 90.7 cm³/mol. The van der Waals surface area contributed by atoms with Crippen molar-refractivity contribution in [2.45, 2.75) is 5.25 Å². The Labute approximate surface area is 137 Å². The van der Waals surface area contributed by atoms with Gasteiger partial charge in [-0.2, -0.15) is 5.10 Å². The van der Waals surface area contributed by atoms with Crippen LogP contribution in [0.15, 0.2) is 61.1 Å². The van der Waals surface area contributed by atoms with E-state index in [4.69, 9.17) is 0 Å². The van der Waals surface area contributed by atoms with E-state index in [9.17, 15) is 4.79 Å². The molecule has 0 radical (unpaired) electrons.